The number of rotatable bonds is 1. The van der Waals surface area contributed by atoms with Crippen LogP contribution in [0.1, 0.15) is 29.3 Å². The van der Waals surface area contributed by atoms with Crippen molar-refractivity contribution in [1.29, 1.82) is 0 Å². The molecule has 1 amide bonds. The molecule has 1 aromatic rings. The highest BCUT2D eigenvalue weighted by Gasteiger charge is 2.36. The van der Waals surface area contributed by atoms with Crippen molar-refractivity contribution in [1.82, 2.24) is 4.90 Å². The SMILES string of the molecule is CC1CN(C(=O)c2ccc(Br)cc2C(F)(F)F)CCCO1. The van der Waals surface area contributed by atoms with E-state index in [1.54, 1.807) is 6.92 Å². The number of carbonyl (C=O) groups is 1. The molecule has 1 saturated heterocycles. The maximum absolute atomic E-state index is 13.1. The number of carbonyl (C=O) groups excluding carboxylic acids is 1. The first-order valence-electron chi connectivity index (χ1n) is 6.56. The third kappa shape index (κ3) is 3.97. The summed E-state index contributed by atoms with van der Waals surface area (Å²) >= 11 is 3.01. The van der Waals surface area contributed by atoms with Crippen LogP contribution in [0.15, 0.2) is 22.7 Å². The molecule has 1 aliphatic rings. The van der Waals surface area contributed by atoms with Crippen molar-refractivity contribution in [3.8, 4) is 0 Å². The van der Waals surface area contributed by atoms with Gasteiger partial charge in [-0.3, -0.25) is 4.79 Å². The Kier molecular flexibility index (Phi) is 4.93. The first-order valence-corrected chi connectivity index (χ1v) is 7.36. The van der Waals surface area contributed by atoms with Gasteiger partial charge in [-0.1, -0.05) is 15.9 Å². The van der Waals surface area contributed by atoms with Gasteiger partial charge in [0.15, 0.2) is 0 Å². The summed E-state index contributed by atoms with van der Waals surface area (Å²) in [4.78, 5) is 13.9. The third-order valence-corrected chi connectivity index (χ3v) is 3.75. The lowest BCUT2D eigenvalue weighted by Crippen LogP contribution is -2.37. The minimum absolute atomic E-state index is 0.179. The number of nitrogens with zero attached hydrogens (tertiary/aromatic N) is 1. The Bertz CT molecular complexity index is 533. The maximum atomic E-state index is 13.1. The Balaban J connectivity index is 2.34. The van der Waals surface area contributed by atoms with Gasteiger partial charge in [-0.05, 0) is 31.5 Å². The van der Waals surface area contributed by atoms with Crippen LogP contribution in [-0.4, -0.2) is 36.6 Å². The minimum atomic E-state index is -4.57. The lowest BCUT2D eigenvalue weighted by molar-refractivity contribution is -0.138. The molecule has 0 aliphatic carbocycles. The summed E-state index contributed by atoms with van der Waals surface area (Å²) in [6.07, 6.45) is -4.13. The summed E-state index contributed by atoms with van der Waals surface area (Å²) in [7, 11) is 0. The van der Waals surface area contributed by atoms with Crippen LogP contribution in [-0.2, 0) is 10.9 Å². The molecular formula is C14H15BrF3NO2. The molecule has 3 nitrogen and oxygen atoms in total. The van der Waals surface area contributed by atoms with Crippen molar-refractivity contribution in [3.05, 3.63) is 33.8 Å². The van der Waals surface area contributed by atoms with E-state index in [0.29, 0.717) is 30.6 Å². The topological polar surface area (TPSA) is 29.5 Å². The molecule has 1 unspecified atom stereocenters. The molecule has 0 saturated carbocycles. The van der Waals surface area contributed by atoms with E-state index in [-0.39, 0.29) is 11.7 Å². The second kappa shape index (κ2) is 6.36. The van der Waals surface area contributed by atoms with Gasteiger partial charge in [-0.2, -0.15) is 13.2 Å². The Morgan fingerprint density at radius 3 is 2.81 bits per heavy atom. The summed E-state index contributed by atoms with van der Waals surface area (Å²) in [6, 6.07) is 3.59. The van der Waals surface area contributed by atoms with E-state index in [1.165, 1.54) is 17.0 Å². The quantitative estimate of drug-likeness (QED) is 0.758. The Hall–Kier alpha value is -1.08. The fourth-order valence-electron chi connectivity index (χ4n) is 2.29. The summed E-state index contributed by atoms with van der Waals surface area (Å²) in [5.41, 5.74) is -1.24. The normalized spacial score (nSPS) is 20.2. The average molecular weight is 366 g/mol. The van der Waals surface area contributed by atoms with Crippen molar-refractivity contribution < 1.29 is 22.7 Å². The van der Waals surface area contributed by atoms with Crippen molar-refractivity contribution in [2.45, 2.75) is 25.6 Å². The fraction of sp³-hybridized carbons (Fsp3) is 0.500. The molecule has 0 aromatic heterocycles. The van der Waals surface area contributed by atoms with Crippen LogP contribution in [0.5, 0.6) is 0 Å². The van der Waals surface area contributed by atoms with Gasteiger partial charge in [0.25, 0.3) is 5.91 Å². The maximum Gasteiger partial charge on any atom is 0.417 e. The van der Waals surface area contributed by atoms with Crippen LogP contribution in [0.25, 0.3) is 0 Å². The van der Waals surface area contributed by atoms with E-state index in [9.17, 15) is 18.0 Å². The van der Waals surface area contributed by atoms with Gasteiger partial charge in [0.2, 0.25) is 0 Å². The second-order valence-corrected chi connectivity index (χ2v) is 5.89. The molecule has 1 aliphatic heterocycles. The number of amides is 1. The largest absolute Gasteiger partial charge is 0.417 e. The third-order valence-electron chi connectivity index (χ3n) is 3.26. The van der Waals surface area contributed by atoms with E-state index in [0.717, 1.165) is 6.07 Å². The summed E-state index contributed by atoms with van der Waals surface area (Å²) < 4.78 is 45.0. The van der Waals surface area contributed by atoms with E-state index < -0.39 is 17.6 Å². The van der Waals surface area contributed by atoms with Gasteiger partial charge in [0.1, 0.15) is 0 Å². The summed E-state index contributed by atoms with van der Waals surface area (Å²) in [5.74, 6) is -0.604. The first kappa shape index (κ1) is 16.3. The predicted molar refractivity (Wildman–Crippen MR) is 75.1 cm³/mol. The van der Waals surface area contributed by atoms with Crippen LogP contribution >= 0.6 is 15.9 Å². The van der Waals surface area contributed by atoms with E-state index in [2.05, 4.69) is 15.9 Å². The zero-order valence-corrected chi connectivity index (χ0v) is 13.0. The van der Waals surface area contributed by atoms with Crippen LogP contribution in [0.4, 0.5) is 13.2 Å². The summed E-state index contributed by atoms with van der Waals surface area (Å²) in [5, 5.41) is 0. The highest BCUT2D eigenvalue weighted by atomic mass is 79.9. The highest BCUT2D eigenvalue weighted by molar-refractivity contribution is 9.10. The molecule has 116 valence electrons. The van der Waals surface area contributed by atoms with Gasteiger partial charge in [0.05, 0.1) is 17.2 Å². The van der Waals surface area contributed by atoms with Crippen molar-refractivity contribution in [2.75, 3.05) is 19.7 Å². The van der Waals surface area contributed by atoms with Crippen molar-refractivity contribution >= 4 is 21.8 Å². The first-order chi connectivity index (χ1) is 9.79. The smallest absolute Gasteiger partial charge is 0.377 e. The number of hydrogen-bond acceptors (Lipinski definition) is 2. The van der Waals surface area contributed by atoms with Gasteiger partial charge in [-0.25, -0.2) is 0 Å². The molecule has 0 bridgehead atoms. The van der Waals surface area contributed by atoms with Crippen molar-refractivity contribution in [2.24, 2.45) is 0 Å². The fourth-order valence-corrected chi connectivity index (χ4v) is 2.65. The number of hydrogen-bond donors (Lipinski definition) is 0. The number of alkyl halides is 3. The minimum Gasteiger partial charge on any atom is -0.377 e. The van der Waals surface area contributed by atoms with Crippen LogP contribution in [0.3, 0.4) is 0 Å². The number of ether oxygens (including phenoxy) is 1. The van der Waals surface area contributed by atoms with Crippen LogP contribution in [0.2, 0.25) is 0 Å². The molecule has 1 aromatic carbocycles. The lowest BCUT2D eigenvalue weighted by atomic mass is 10.1. The van der Waals surface area contributed by atoms with E-state index >= 15 is 0 Å². The molecule has 21 heavy (non-hydrogen) atoms. The second-order valence-electron chi connectivity index (χ2n) is 4.97. The summed E-state index contributed by atoms with van der Waals surface area (Å²) in [6.45, 7) is 3.01. The van der Waals surface area contributed by atoms with Gasteiger partial charge in [0, 0.05) is 24.2 Å². The molecular weight excluding hydrogens is 351 g/mol. The van der Waals surface area contributed by atoms with E-state index in [4.69, 9.17) is 4.74 Å². The molecule has 0 radical (unpaired) electrons. The van der Waals surface area contributed by atoms with Crippen LogP contribution in [0, 0.1) is 0 Å². The molecule has 1 heterocycles. The zero-order chi connectivity index (χ0) is 15.6. The Morgan fingerprint density at radius 1 is 1.43 bits per heavy atom. The van der Waals surface area contributed by atoms with Gasteiger partial charge < -0.3 is 9.64 Å². The van der Waals surface area contributed by atoms with Crippen LogP contribution < -0.4 is 0 Å². The Morgan fingerprint density at radius 2 is 2.14 bits per heavy atom. The number of halogens is 4. The lowest BCUT2D eigenvalue weighted by Gasteiger charge is -2.24. The highest BCUT2D eigenvalue weighted by Crippen LogP contribution is 2.34. The van der Waals surface area contributed by atoms with Crippen molar-refractivity contribution in [3.63, 3.8) is 0 Å². The molecule has 2 rings (SSSR count). The Labute approximate surface area is 129 Å². The van der Waals surface area contributed by atoms with E-state index in [1.807, 2.05) is 0 Å². The average Bonchev–Trinajstić information content (AvgIpc) is 2.61. The molecule has 0 spiro atoms. The monoisotopic (exact) mass is 365 g/mol. The number of benzene rings is 1. The molecule has 1 fully saturated rings. The molecule has 7 heteroatoms. The van der Waals surface area contributed by atoms with Gasteiger partial charge >= 0.3 is 6.18 Å². The molecule has 0 N–H and O–H groups in total. The zero-order valence-electron chi connectivity index (χ0n) is 11.4. The standard InChI is InChI=1S/C14H15BrF3NO2/c1-9-8-19(5-2-6-21-9)13(20)11-4-3-10(15)7-12(11)14(16,17)18/h3-4,7,9H,2,5-6,8H2,1H3. The predicted octanol–water partition coefficient (Wildman–Crippen LogP) is 3.72. The van der Waals surface area contributed by atoms with Gasteiger partial charge in [-0.15, -0.1) is 0 Å². The molecule has 1 atom stereocenters.